The third-order valence-electron chi connectivity index (χ3n) is 3.12. The van der Waals surface area contributed by atoms with E-state index < -0.39 is 0 Å². The number of hydrogen-bond donors (Lipinski definition) is 0. The van der Waals surface area contributed by atoms with Crippen molar-refractivity contribution in [2.75, 3.05) is 20.2 Å². The zero-order valence-electron chi connectivity index (χ0n) is 12.2. The second-order valence-corrected chi connectivity index (χ2v) is 5.81. The van der Waals surface area contributed by atoms with Crippen LogP contribution in [0, 0.1) is 6.92 Å². The fourth-order valence-corrected chi connectivity index (χ4v) is 2.20. The Bertz CT molecular complexity index is 610. The molecule has 110 valence electrons. The molecule has 0 bridgehead atoms. The summed E-state index contributed by atoms with van der Waals surface area (Å²) in [7, 11) is 1.79. The number of rotatable bonds is 5. The van der Waals surface area contributed by atoms with E-state index in [-0.39, 0.29) is 5.91 Å². The van der Waals surface area contributed by atoms with E-state index in [1.165, 1.54) is 0 Å². The molecule has 21 heavy (non-hydrogen) atoms. The summed E-state index contributed by atoms with van der Waals surface area (Å²) in [5.41, 5.74) is 1.79. The van der Waals surface area contributed by atoms with Gasteiger partial charge in [-0.3, -0.25) is 4.79 Å². The highest BCUT2D eigenvalue weighted by atomic mass is 79.9. The highest BCUT2D eigenvalue weighted by Gasteiger charge is 2.11. The minimum atomic E-state index is 0.0121. The van der Waals surface area contributed by atoms with Gasteiger partial charge in [-0.25, -0.2) is 0 Å². The van der Waals surface area contributed by atoms with Crippen molar-refractivity contribution >= 4 is 21.8 Å². The average molecular weight is 348 g/mol. The lowest BCUT2D eigenvalue weighted by Crippen LogP contribution is -2.30. The highest BCUT2D eigenvalue weighted by Crippen LogP contribution is 2.16. The maximum atomic E-state index is 12.2. The Morgan fingerprint density at radius 1 is 1.19 bits per heavy atom. The molecule has 0 N–H and O–H groups in total. The van der Waals surface area contributed by atoms with Crippen LogP contribution in [0.15, 0.2) is 53.0 Å². The molecule has 0 aliphatic carbocycles. The Hall–Kier alpha value is -1.81. The molecule has 1 amide bonds. The summed E-state index contributed by atoms with van der Waals surface area (Å²) in [6.45, 7) is 2.99. The normalized spacial score (nSPS) is 10.2. The zero-order valence-corrected chi connectivity index (χ0v) is 13.8. The molecule has 0 radical (unpaired) electrons. The molecule has 2 aromatic rings. The van der Waals surface area contributed by atoms with Gasteiger partial charge in [0.15, 0.2) is 0 Å². The van der Waals surface area contributed by atoms with Crippen LogP contribution in [0.1, 0.15) is 15.9 Å². The molecule has 0 aromatic heterocycles. The van der Waals surface area contributed by atoms with Gasteiger partial charge in [-0.05, 0) is 43.3 Å². The summed E-state index contributed by atoms with van der Waals surface area (Å²) in [4.78, 5) is 13.9. The van der Waals surface area contributed by atoms with Gasteiger partial charge in [-0.15, -0.1) is 0 Å². The summed E-state index contributed by atoms with van der Waals surface area (Å²) in [5, 5.41) is 0. The van der Waals surface area contributed by atoms with Gasteiger partial charge in [0, 0.05) is 17.1 Å². The Kier molecular flexibility index (Phi) is 5.39. The van der Waals surface area contributed by atoms with Gasteiger partial charge in [0.2, 0.25) is 0 Å². The molecule has 0 saturated carbocycles. The van der Waals surface area contributed by atoms with Crippen LogP contribution >= 0.6 is 15.9 Å². The van der Waals surface area contributed by atoms with Crippen molar-refractivity contribution < 1.29 is 9.53 Å². The quantitative estimate of drug-likeness (QED) is 0.820. The van der Waals surface area contributed by atoms with E-state index in [2.05, 4.69) is 15.9 Å². The molecule has 2 rings (SSSR count). The van der Waals surface area contributed by atoms with Crippen LogP contribution in [0.5, 0.6) is 5.75 Å². The molecule has 0 aliphatic heterocycles. The molecule has 0 fully saturated rings. The summed E-state index contributed by atoms with van der Waals surface area (Å²) >= 11 is 3.38. The van der Waals surface area contributed by atoms with Gasteiger partial charge in [-0.2, -0.15) is 0 Å². The maximum Gasteiger partial charge on any atom is 0.253 e. The van der Waals surface area contributed by atoms with E-state index in [0.29, 0.717) is 18.7 Å². The SMILES string of the molecule is Cc1cccc(C(=O)N(C)CCOc2ccc(Br)cc2)c1. The van der Waals surface area contributed by atoms with E-state index in [1.54, 1.807) is 11.9 Å². The molecule has 0 spiro atoms. The first-order chi connectivity index (χ1) is 10.1. The topological polar surface area (TPSA) is 29.5 Å². The van der Waals surface area contributed by atoms with Crippen molar-refractivity contribution in [3.8, 4) is 5.75 Å². The summed E-state index contributed by atoms with van der Waals surface area (Å²) in [6, 6.07) is 15.3. The third kappa shape index (κ3) is 4.60. The van der Waals surface area contributed by atoms with Crippen LogP contribution in [-0.2, 0) is 0 Å². The van der Waals surface area contributed by atoms with E-state index in [0.717, 1.165) is 15.8 Å². The number of likely N-dealkylation sites (N-methyl/N-ethyl adjacent to an activating group) is 1. The third-order valence-corrected chi connectivity index (χ3v) is 3.65. The number of carbonyl (C=O) groups excluding carboxylic acids is 1. The van der Waals surface area contributed by atoms with Gasteiger partial charge >= 0.3 is 0 Å². The Morgan fingerprint density at radius 2 is 1.90 bits per heavy atom. The molecular formula is C17H18BrNO2. The Labute approximate surface area is 133 Å². The number of benzene rings is 2. The summed E-state index contributed by atoms with van der Waals surface area (Å²) < 4.78 is 6.64. The molecule has 0 atom stereocenters. The standard InChI is InChI=1S/C17H18BrNO2/c1-13-4-3-5-14(12-13)17(20)19(2)10-11-21-16-8-6-15(18)7-9-16/h3-9,12H,10-11H2,1-2H3. The van der Waals surface area contributed by atoms with Gasteiger partial charge in [0.25, 0.3) is 5.91 Å². The van der Waals surface area contributed by atoms with Crippen LogP contribution < -0.4 is 4.74 Å². The van der Waals surface area contributed by atoms with E-state index in [4.69, 9.17) is 4.74 Å². The number of nitrogens with zero attached hydrogens (tertiary/aromatic N) is 1. The minimum Gasteiger partial charge on any atom is -0.492 e. The Morgan fingerprint density at radius 3 is 2.57 bits per heavy atom. The van der Waals surface area contributed by atoms with Crippen molar-refractivity contribution in [1.82, 2.24) is 4.90 Å². The molecule has 0 saturated heterocycles. The smallest absolute Gasteiger partial charge is 0.253 e. The number of halogens is 1. The van der Waals surface area contributed by atoms with Crippen LogP contribution in [0.4, 0.5) is 0 Å². The number of amides is 1. The molecule has 0 unspecified atom stereocenters. The summed E-state index contributed by atoms with van der Waals surface area (Å²) in [5.74, 6) is 0.813. The predicted molar refractivity (Wildman–Crippen MR) is 87.8 cm³/mol. The number of hydrogen-bond acceptors (Lipinski definition) is 2. The second-order valence-electron chi connectivity index (χ2n) is 4.90. The largest absolute Gasteiger partial charge is 0.492 e. The molecule has 0 heterocycles. The first-order valence-electron chi connectivity index (χ1n) is 6.77. The van der Waals surface area contributed by atoms with Crippen LogP contribution in [0.25, 0.3) is 0 Å². The first-order valence-corrected chi connectivity index (χ1v) is 7.56. The van der Waals surface area contributed by atoms with Crippen molar-refractivity contribution in [2.24, 2.45) is 0 Å². The lowest BCUT2D eigenvalue weighted by atomic mass is 10.1. The van der Waals surface area contributed by atoms with Gasteiger partial charge in [0.1, 0.15) is 12.4 Å². The van der Waals surface area contributed by atoms with Crippen LogP contribution in [0.3, 0.4) is 0 Å². The van der Waals surface area contributed by atoms with E-state index in [9.17, 15) is 4.79 Å². The minimum absolute atomic E-state index is 0.0121. The fourth-order valence-electron chi connectivity index (χ4n) is 1.93. The Balaban J connectivity index is 1.85. The van der Waals surface area contributed by atoms with Crippen molar-refractivity contribution in [3.63, 3.8) is 0 Å². The second kappa shape index (κ2) is 7.27. The number of ether oxygens (including phenoxy) is 1. The molecule has 2 aromatic carbocycles. The molecular weight excluding hydrogens is 330 g/mol. The molecule has 3 nitrogen and oxygen atoms in total. The van der Waals surface area contributed by atoms with Crippen molar-refractivity contribution in [1.29, 1.82) is 0 Å². The number of carbonyl (C=O) groups is 1. The first kappa shape index (κ1) is 15.6. The monoisotopic (exact) mass is 347 g/mol. The predicted octanol–water partition coefficient (Wildman–Crippen LogP) is 3.91. The molecule has 0 aliphatic rings. The fraction of sp³-hybridized carbons (Fsp3) is 0.235. The van der Waals surface area contributed by atoms with Gasteiger partial charge < -0.3 is 9.64 Å². The van der Waals surface area contributed by atoms with Crippen LogP contribution in [-0.4, -0.2) is 31.0 Å². The highest BCUT2D eigenvalue weighted by molar-refractivity contribution is 9.10. The lowest BCUT2D eigenvalue weighted by molar-refractivity contribution is 0.0773. The van der Waals surface area contributed by atoms with E-state index >= 15 is 0 Å². The van der Waals surface area contributed by atoms with Gasteiger partial charge in [-0.1, -0.05) is 33.6 Å². The number of aryl methyl sites for hydroxylation is 1. The zero-order chi connectivity index (χ0) is 15.2. The van der Waals surface area contributed by atoms with E-state index in [1.807, 2.05) is 55.5 Å². The van der Waals surface area contributed by atoms with Crippen molar-refractivity contribution in [3.05, 3.63) is 64.1 Å². The lowest BCUT2D eigenvalue weighted by Gasteiger charge is -2.17. The van der Waals surface area contributed by atoms with Crippen LogP contribution in [0.2, 0.25) is 0 Å². The summed E-state index contributed by atoms with van der Waals surface area (Å²) in [6.07, 6.45) is 0. The maximum absolute atomic E-state index is 12.2. The average Bonchev–Trinajstić information content (AvgIpc) is 2.48. The van der Waals surface area contributed by atoms with Crippen molar-refractivity contribution in [2.45, 2.75) is 6.92 Å². The van der Waals surface area contributed by atoms with Gasteiger partial charge in [0.05, 0.1) is 6.54 Å². The molecule has 4 heteroatoms.